The maximum absolute atomic E-state index is 13.0. The predicted molar refractivity (Wildman–Crippen MR) is 129 cm³/mol. The quantitative estimate of drug-likeness (QED) is 0.394. The molecule has 3 rings (SSSR count). The molecule has 2 aromatic rings. The van der Waals surface area contributed by atoms with Crippen molar-refractivity contribution >= 4 is 23.6 Å². The molecule has 0 bridgehead atoms. The number of aliphatic hydroxyl groups excluding tert-OH is 1. The van der Waals surface area contributed by atoms with Gasteiger partial charge in [0.1, 0.15) is 17.3 Å². The van der Waals surface area contributed by atoms with Gasteiger partial charge in [0.05, 0.1) is 5.69 Å². The second kappa shape index (κ2) is 10.2. The average Bonchev–Trinajstić information content (AvgIpc) is 2.75. The second-order valence-corrected chi connectivity index (χ2v) is 8.11. The molecule has 0 saturated heterocycles. The third kappa shape index (κ3) is 5.39. The molecule has 0 aromatic heterocycles. The lowest BCUT2D eigenvalue weighted by Gasteiger charge is -2.17. The minimum absolute atomic E-state index is 0.0657. The first-order valence-corrected chi connectivity index (χ1v) is 10.6. The zero-order chi connectivity index (χ0) is 23.3. The molecule has 32 heavy (non-hydrogen) atoms. The molecule has 0 atom stereocenters. The number of Topliss-reactive ketones (excluding diaryl/α,β-unsaturated/α-hetero) is 1. The van der Waals surface area contributed by atoms with Crippen molar-refractivity contribution < 1.29 is 20.1 Å². The molecule has 168 valence electrons. The highest BCUT2D eigenvalue weighted by Gasteiger charge is 2.23. The smallest absolute Gasteiger partial charge is 0.188 e. The molecular formula is C26H30N2O4. The highest BCUT2D eigenvalue weighted by atomic mass is 16.3. The molecule has 0 amide bonds. The van der Waals surface area contributed by atoms with E-state index in [1.807, 2.05) is 44.2 Å². The Bertz CT molecular complexity index is 1100. The summed E-state index contributed by atoms with van der Waals surface area (Å²) in [6.45, 7) is 0.560. The number of phenolic OH excluding ortho intramolecular Hbond substituents is 2. The number of aliphatic hydroxyl groups is 1. The highest BCUT2D eigenvalue weighted by Crippen LogP contribution is 2.30. The van der Waals surface area contributed by atoms with Crippen LogP contribution in [-0.4, -0.2) is 42.2 Å². The van der Waals surface area contributed by atoms with E-state index in [1.54, 1.807) is 30.4 Å². The summed E-state index contributed by atoms with van der Waals surface area (Å²) in [5.74, 6) is 0.0845. The molecule has 1 saturated carbocycles. The van der Waals surface area contributed by atoms with Gasteiger partial charge in [-0.3, -0.25) is 4.79 Å². The molecule has 0 unspecified atom stereocenters. The van der Waals surface area contributed by atoms with E-state index in [4.69, 9.17) is 0 Å². The largest absolute Gasteiger partial charge is 0.508 e. The first-order chi connectivity index (χ1) is 15.3. The summed E-state index contributed by atoms with van der Waals surface area (Å²) in [6, 6.07) is 10.6. The first kappa shape index (κ1) is 23.2. The van der Waals surface area contributed by atoms with Crippen molar-refractivity contribution in [1.29, 1.82) is 0 Å². The van der Waals surface area contributed by atoms with Crippen molar-refractivity contribution in [1.82, 2.24) is 5.32 Å². The van der Waals surface area contributed by atoms with Crippen molar-refractivity contribution in [2.45, 2.75) is 25.8 Å². The lowest BCUT2D eigenvalue weighted by molar-refractivity contribution is -0.113. The molecule has 4 N–H and O–H groups in total. The fraction of sp³-hybridized carbons (Fsp3) is 0.269. The first-order valence-electron chi connectivity index (χ1n) is 10.6. The summed E-state index contributed by atoms with van der Waals surface area (Å²) in [5.41, 5.74) is 3.95. The number of rotatable bonds is 6. The van der Waals surface area contributed by atoms with Crippen LogP contribution in [0, 0.1) is 0 Å². The summed E-state index contributed by atoms with van der Waals surface area (Å²) >= 11 is 0. The third-order valence-electron chi connectivity index (χ3n) is 5.48. The van der Waals surface area contributed by atoms with E-state index in [9.17, 15) is 20.1 Å². The van der Waals surface area contributed by atoms with Crippen LogP contribution in [0.25, 0.3) is 12.2 Å². The number of phenols is 2. The van der Waals surface area contributed by atoms with Gasteiger partial charge in [0.25, 0.3) is 0 Å². The van der Waals surface area contributed by atoms with Crippen LogP contribution in [0.4, 0.5) is 5.69 Å². The Balaban J connectivity index is 1.81. The molecule has 1 fully saturated rings. The molecular weight excluding hydrogens is 404 g/mol. The number of carbonyl (C=O) groups is 1. The SMILES string of the molecule is CNCc1ccc(/C=C2\CCC/C(=C(O)\C=C\c3ccc(N(C)C)c(O)c3)C2=O)cc1O. The van der Waals surface area contributed by atoms with Gasteiger partial charge in [0, 0.05) is 37.3 Å². The van der Waals surface area contributed by atoms with Gasteiger partial charge in [-0.15, -0.1) is 0 Å². The van der Waals surface area contributed by atoms with E-state index in [1.165, 1.54) is 6.08 Å². The summed E-state index contributed by atoms with van der Waals surface area (Å²) < 4.78 is 0. The Morgan fingerprint density at radius 1 is 1.06 bits per heavy atom. The molecule has 2 aromatic carbocycles. The van der Waals surface area contributed by atoms with Gasteiger partial charge in [0.2, 0.25) is 0 Å². The van der Waals surface area contributed by atoms with Crippen molar-refractivity contribution in [2.75, 3.05) is 26.0 Å². The van der Waals surface area contributed by atoms with E-state index >= 15 is 0 Å². The molecule has 0 radical (unpaired) electrons. The predicted octanol–water partition coefficient (Wildman–Crippen LogP) is 4.55. The standard InChI is InChI=1S/C26H30N2O4/c1-27-16-20-10-7-18(15-24(20)30)13-19-5-4-6-21(26(19)32)23(29)12-9-17-8-11-22(28(2)3)25(31)14-17/h7-15,27,29-31H,4-6,16H2,1-3H3/b12-9+,19-13+,23-21-. The fourth-order valence-corrected chi connectivity index (χ4v) is 3.77. The third-order valence-corrected chi connectivity index (χ3v) is 5.48. The molecule has 6 nitrogen and oxygen atoms in total. The van der Waals surface area contributed by atoms with E-state index in [-0.39, 0.29) is 23.0 Å². The second-order valence-electron chi connectivity index (χ2n) is 8.11. The maximum atomic E-state index is 13.0. The minimum Gasteiger partial charge on any atom is -0.508 e. The zero-order valence-corrected chi connectivity index (χ0v) is 18.7. The monoisotopic (exact) mass is 434 g/mol. The van der Waals surface area contributed by atoms with E-state index < -0.39 is 0 Å². The van der Waals surface area contributed by atoms with Crippen molar-refractivity contribution in [2.24, 2.45) is 0 Å². The Kier molecular flexibility index (Phi) is 7.38. The van der Waals surface area contributed by atoms with Gasteiger partial charge >= 0.3 is 0 Å². The molecule has 1 aliphatic carbocycles. The number of nitrogens with zero attached hydrogens (tertiary/aromatic N) is 1. The van der Waals surface area contributed by atoms with Crippen LogP contribution in [0.1, 0.15) is 36.0 Å². The average molecular weight is 435 g/mol. The number of benzene rings is 2. The number of hydrogen-bond donors (Lipinski definition) is 4. The van der Waals surface area contributed by atoms with Crippen LogP contribution in [-0.2, 0) is 11.3 Å². The Morgan fingerprint density at radius 2 is 1.78 bits per heavy atom. The van der Waals surface area contributed by atoms with Gasteiger partial charge in [-0.2, -0.15) is 0 Å². The fourth-order valence-electron chi connectivity index (χ4n) is 3.77. The zero-order valence-electron chi connectivity index (χ0n) is 18.7. The van der Waals surface area contributed by atoms with Crippen LogP contribution in [0.15, 0.2) is 59.4 Å². The van der Waals surface area contributed by atoms with E-state index in [0.717, 1.165) is 23.1 Å². The normalized spacial score (nSPS) is 17.2. The lowest BCUT2D eigenvalue weighted by Crippen LogP contribution is -2.14. The summed E-state index contributed by atoms with van der Waals surface area (Å²) in [7, 11) is 5.50. The van der Waals surface area contributed by atoms with Gasteiger partial charge in [-0.1, -0.05) is 24.3 Å². The van der Waals surface area contributed by atoms with Gasteiger partial charge in [-0.25, -0.2) is 0 Å². The van der Waals surface area contributed by atoms with Crippen LogP contribution in [0.3, 0.4) is 0 Å². The van der Waals surface area contributed by atoms with Crippen molar-refractivity contribution in [3.05, 3.63) is 76.1 Å². The highest BCUT2D eigenvalue weighted by molar-refractivity contribution is 6.12. The number of aromatic hydroxyl groups is 2. The van der Waals surface area contributed by atoms with Crippen LogP contribution >= 0.6 is 0 Å². The van der Waals surface area contributed by atoms with E-state index in [2.05, 4.69) is 5.32 Å². The van der Waals surface area contributed by atoms with E-state index in [0.29, 0.717) is 36.2 Å². The number of hydrogen-bond acceptors (Lipinski definition) is 6. The topological polar surface area (TPSA) is 93.0 Å². The number of ketones is 1. The lowest BCUT2D eigenvalue weighted by atomic mass is 9.87. The van der Waals surface area contributed by atoms with Gasteiger partial charge in [-0.05, 0) is 67.8 Å². The molecule has 0 spiro atoms. The number of carbonyl (C=O) groups excluding carboxylic acids is 1. The molecule has 1 aliphatic rings. The Hall–Kier alpha value is -3.51. The number of nitrogens with one attached hydrogen (secondary N) is 1. The van der Waals surface area contributed by atoms with Crippen LogP contribution in [0.2, 0.25) is 0 Å². The minimum atomic E-state index is -0.178. The van der Waals surface area contributed by atoms with Gasteiger partial charge in [0.15, 0.2) is 5.78 Å². The molecule has 0 heterocycles. The van der Waals surface area contributed by atoms with Crippen LogP contribution in [0.5, 0.6) is 11.5 Å². The molecule has 0 aliphatic heterocycles. The summed E-state index contributed by atoms with van der Waals surface area (Å²) in [5, 5.41) is 33.9. The molecule has 6 heteroatoms. The van der Waals surface area contributed by atoms with Crippen molar-refractivity contribution in [3.8, 4) is 11.5 Å². The van der Waals surface area contributed by atoms with Crippen LogP contribution < -0.4 is 10.2 Å². The van der Waals surface area contributed by atoms with Gasteiger partial charge < -0.3 is 25.5 Å². The summed E-state index contributed by atoms with van der Waals surface area (Å²) in [6.07, 6.45) is 6.83. The summed E-state index contributed by atoms with van der Waals surface area (Å²) in [4.78, 5) is 14.8. The Labute approximate surface area is 188 Å². The number of anilines is 1. The number of allylic oxidation sites excluding steroid dienone is 3. The Morgan fingerprint density at radius 3 is 2.44 bits per heavy atom. The van der Waals surface area contributed by atoms with Crippen molar-refractivity contribution in [3.63, 3.8) is 0 Å². The maximum Gasteiger partial charge on any atom is 0.188 e.